The van der Waals surface area contributed by atoms with Crippen molar-refractivity contribution in [3.63, 3.8) is 0 Å². The summed E-state index contributed by atoms with van der Waals surface area (Å²) < 4.78 is 5.34. The van der Waals surface area contributed by atoms with Crippen molar-refractivity contribution in [2.24, 2.45) is 5.41 Å². The van der Waals surface area contributed by atoms with Crippen LogP contribution in [0.3, 0.4) is 0 Å². The number of unbranched alkanes of at least 4 members (excludes halogenated alkanes) is 1. The van der Waals surface area contributed by atoms with Crippen molar-refractivity contribution in [1.29, 1.82) is 0 Å². The first-order chi connectivity index (χ1) is 9.76. The molecule has 1 aromatic rings. The molecule has 4 heteroatoms. The molecule has 0 aromatic carbocycles. The molecule has 0 amide bonds. The molecule has 1 rings (SSSR count). The number of rotatable bonds is 9. The molecule has 0 saturated carbocycles. The summed E-state index contributed by atoms with van der Waals surface area (Å²) in [5, 5.41) is 4.00. The van der Waals surface area contributed by atoms with Gasteiger partial charge in [-0.25, -0.2) is 0 Å². The van der Waals surface area contributed by atoms with Crippen LogP contribution in [0.15, 0.2) is 4.52 Å². The average molecular weight is 294 g/mol. The van der Waals surface area contributed by atoms with Crippen LogP contribution in [0.1, 0.15) is 68.3 Å². The van der Waals surface area contributed by atoms with E-state index in [-0.39, 0.29) is 11.2 Å². The molecule has 21 heavy (non-hydrogen) atoms. The molecule has 0 spiro atoms. The van der Waals surface area contributed by atoms with E-state index in [1.54, 1.807) is 0 Å². The predicted octanol–water partition coefficient (Wildman–Crippen LogP) is 3.88. The van der Waals surface area contributed by atoms with E-state index < -0.39 is 0 Å². The van der Waals surface area contributed by atoms with Crippen LogP contribution in [0, 0.1) is 12.3 Å². The molecule has 1 aromatic heterocycles. The third kappa shape index (κ3) is 5.62. The second-order valence-electron chi connectivity index (χ2n) is 7.01. The zero-order chi connectivity index (χ0) is 16.0. The van der Waals surface area contributed by atoms with Crippen molar-refractivity contribution in [2.75, 3.05) is 20.6 Å². The molecule has 0 aliphatic carbocycles. The predicted molar refractivity (Wildman–Crippen MR) is 85.8 cm³/mol. The van der Waals surface area contributed by atoms with Gasteiger partial charge in [0.15, 0.2) is 11.5 Å². The Balaban J connectivity index is 2.62. The molecular weight excluding hydrogens is 264 g/mol. The minimum absolute atomic E-state index is 0.103. The van der Waals surface area contributed by atoms with Gasteiger partial charge in [0.05, 0.1) is 0 Å². The van der Waals surface area contributed by atoms with Crippen molar-refractivity contribution in [2.45, 2.75) is 59.8 Å². The lowest BCUT2D eigenvalue weighted by Gasteiger charge is -2.27. The van der Waals surface area contributed by atoms with Crippen molar-refractivity contribution >= 4 is 5.78 Å². The summed E-state index contributed by atoms with van der Waals surface area (Å²) in [6.07, 6.45) is 4.44. The van der Waals surface area contributed by atoms with E-state index in [0.29, 0.717) is 12.1 Å². The minimum Gasteiger partial charge on any atom is -0.360 e. The third-order valence-corrected chi connectivity index (χ3v) is 3.82. The second kappa shape index (κ2) is 7.74. The van der Waals surface area contributed by atoms with Crippen LogP contribution < -0.4 is 0 Å². The number of carbonyl (C=O) groups is 1. The summed E-state index contributed by atoms with van der Waals surface area (Å²) in [5.74, 6) is 0.971. The molecule has 120 valence electrons. The Morgan fingerprint density at radius 1 is 1.33 bits per heavy atom. The molecule has 0 radical (unpaired) electrons. The maximum Gasteiger partial charge on any atom is 0.185 e. The van der Waals surface area contributed by atoms with Crippen molar-refractivity contribution in [1.82, 2.24) is 10.1 Å². The van der Waals surface area contributed by atoms with Gasteiger partial charge in [0.25, 0.3) is 0 Å². The second-order valence-corrected chi connectivity index (χ2v) is 7.01. The van der Waals surface area contributed by atoms with Crippen molar-refractivity contribution in [3.05, 3.63) is 17.0 Å². The highest BCUT2D eigenvalue weighted by molar-refractivity contribution is 5.95. The van der Waals surface area contributed by atoms with E-state index in [1.165, 1.54) is 0 Å². The van der Waals surface area contributed by atoms with Gasteiger partial charge in [0.2, 0.25) is 0 Å². The van der Waals surface area contributed by atoms with Crippen molar-refractivity contribution < 1.29 is 9.32 Å². The van der Waals surface area contributed by atoms with Crippen LogP contribution in [-0.2, 0) is 6.42 Å². The molecule has 0 fully saturated rings. The van der Waals surface area contributed by atoms with Gasteiger partial charge in [0, 0.05) is 24.9 Å². The smallest absolute Gasteiger partial charge is 0.185 e. The normalized spacial score (nSPS) is 12.1. The number of hydrogen-bond donors (Lipinski definition) is 0. The van der Waals surface area contributed by atoms with Gasteiger partial charge in [-0.15, -0.1) is 0 Å². The third-order valence-electron chi connectivity index (χ3n) is 3.82. The molecule has 0 N–H and O–H groups in total. The van der Waals surface area contributed by atoms with Crippen LogP contribution in [0.5, 0.6) is 0 Å². The highest BCUT2D eigenvalue weighted by Crippen LogP contribution is 2.25. The fourth-order valence-electron chi connectivity index (χ4n) is 2.71. The van der Waals surface area contributed by atoms with Gasteiger partial charge >= 0.3 is 0 Å². The Hall–Kier alpha value is -1.16. The molecule has 1 heterocycles. The first-order valence-corrected chi connectivity index (χ1v) is 7.90. The first kappa shape index (κ1) is 17.9. The van der Waals surface area contributed by atoms with Crippen LogP contribution in [0.2, 0.25) is 0 Å². The van der Waals surface area contributed by atoms with E-state index in [1.807, 2.05) is 6.92 Å². The standard InChI is InChI=1S/C17H30N2O2/c1-7-8-9-15-13(2)16(18-21-15)14(20)10-11-17(3,4)12-19(5)6/h7-12H2,1-6H3. The monoisotopic (exact) mass is 294 g/mol. The Labute approximate surface area is 128 Å². The topological polar surface area (TPSA) is 46.3 Å². The van der Waals surface area contributed by atoms with Crippen LogP contribution >= 0.6 is 0 Å². The minimum atomic E-state index is 0.103. The number of nitrogens with zero attached hydrogens (tertiary/aromatic N) is 2. The van der Waals surface area contributed by atoms with Gasteiger partial charge in [0.1, 0.15) is 5.76 Å². The number of aromatic nitrogens is 1. The molecule has 0 unspecified atom stereocenters. The molecular formula is C17H30N2O2. The number of ketones is 1. The zero-order valence-corrected chi connectivity index (χ0v) is 14.5. The average Bonchev–Trinajstić information content (AvgIpc) is 2.73. The summed E-state index contributed by atoms with van der Waals surface area (Å²) in [6, 6.07) is 0. The van der Waals surface area contributed by atoms with Gasteiger partial charge in [-0.1, -0.05) is 32.3 Å². The van der Waals surface area contributed by atoms with Gasteiger partial charge < -0.3 is 9.42 Å². The number of hydrogen-bond acceptors (Lipinski definition) is 4. The quantitative estimate of drug-likeness (QED) is 0.648. The van der Waals surface area contributed by atoms with Crippen LogP contribution in [-0.4, -0.2) is 36.5 Å². The molecule has 0 aliphatic rings. The van der Waals surface area contributed by atoms with E-state index in [4.69, 9.17) is 4.52 Å². The van der Waals surface area contributed by atoms with E-state index >= 15 is 0 Å². The Morgan fingerprint density at radius 2 is 2.00 bits per heavy atom. The molecule has 4 nitrogen and oxygen atoms in total. The maximum absolute atomic E-state index is 12.3. The Kier molecular flexibility index (Phi) is 6.59. The molecule has 0 bridgehead atoms. The van der Waals surface area contributed by atoms with E-state index in [9.17, 15) is 4.79 Å². The number of Topliss-reactive ketones (excluding diaryl/α,β-unsaturated/α-hetero) is 1. The molecule has 0 saturated heterocycles. The van der Waals surface area contributed by atoms with Gasteiger partial charge in [-0.05, 0) is 39.3 Å². The van der Waals surface area contributed by atoms with E-state index in [0.717, 1.165) is 43.6 Å². The lowest BCUT2D eigenvalue weighted by molar-refractivity contribution is 0.0946. The highest BCUT2D eigenvalue weighted by Gasteiger charge is 2.23. The molecule has 0 aliphatic heterocycles. The summed E-state index contributed by atoms with van der Waals surface area (Å²) >= 11 is 0. The van der Waals surface area contributed by atoms with Crippen molar-refractivity contribution in [3.8, 4) is 0 Å². The first-order valence-electron chi connectivity index (χ1n) is 7.90. The van der Waals surface area contributed by atoms with Gasteiger partial charge in [-0.3, -0.25) is 4.79 Å². The maximum atomic E-state index is 12.3. The van der Waals surface area contributed by atoms with Crippen LogP contribution in [0.4, 0.5) is 0 Å². The summed E-state index contributed by atoms with van der Waals surface area (Å²) in [4.78, 5) is 14.5. The fraction of sp³-hybridized carbons (Fsp3) is 0.765. The Morgan fingerprint density at radius 3 is 2.57 bits per heavy atom. The van der Waals surface area contributed by atoms with Crippen LogP contribution in [0.25, 0.3) is 0 Å². The SMILES string of the molecule is CCCCc1onc(C(=O)CCC(C)(C)CN(C)C)c1C. The summed E-state index contributed by atoms with van der Waals surface area (Å²) in [7, 11) is 4.12. The lowest BCUT2D eigenvalue weighted by atomic mass is 9.86. The highest BCUT2D eigenvalue weighted by atomic mass is 16.5. The number of aryl methyl sites for hydroxylation is 1. The molecule has 0 atom stereocenters. The largest absolute Gasteiger partial charge is 0.360 e. The Bertz CT molecular complexity index is 461. The lowest BCUT2D eigenvalue weighted by Crippen LogP contribution is -2.29. The number of carbonyl (C=O) groups excluding carboxylic acids is 1. The summed E-state index contributed by atoms with van der Waals surface area (Å²) in [5.41, 5.74) is 1.59. The van der Waals surface area contributed by atoms with Gasteiger partial charge in [-0.2, -0.15) is 0 Å². The fourth-order valence-corrected chi connectivity index (χ4v) is 2.71. The van der Waals surface area contributed by atoms with E-state index in [2.05, 4.69) is 44.9 Å². The zero-order valence-electron chi connectivity index (χ0n) is 14.5. The summed E-state index contributed by atoms with van der Waals surface area (Å²) in [6.45, 7) is 9.45.